The van der Waals surface area contributed by atoms with Crippen molar-refractivity contribution in [2.24, 2.45) is 4.99 Å². The molecule has 0 unspecified atom stereocenters. The number of nitrogens with zero attached hydrogens (tertiary/aromatic N) is 4. The zero-order valence-electron chi connectivity index (χ0n) is 14.9. The standard InChI is InChI=1S/C16H27N5OS/c1-11(2)21-14(22)8-20(9-16(21,4)5)15(17-6)18-7-13-12(3)19-10-23-13/h10-11H,7-9H2,1-6H3,(H,17,18). The molecular formula is C16H27N5OS. The van der Waals surface area contributed by atoms with Crippen molar-refractivity contribution in [1.82, 2.24) is 20.1 Å². The van der Waals surface area contributed by atoms with Gasteiger partial charge in [0.25, 0.3) is 0 Å². The molecule has 0 saturated carbocycles. The molecule has 1 N–H and O–H groups in total. The Bertz CT molecular complexity index is 593. The number of guanidine groups is 1. The van der Waals surface area contributed by atoms with Crippen LogP contribution >= 0.6 is 11.3 Å². The molecule has 1 aromatic rings. The summed E-state index contributed by atoms with van der Waals surface area (Å²) in [6, 6.07) is 0.203. The van der Waals surface area contributed by atoms with Crippen molar-refractivity contribution in [1.29, 1.82) is 0 Å². The van der Waals surface area contributed by atoms with Crippen LogP contribution in [-0.4, -0.2) is 58.4 Å². The zero-order chi connectivity index (χ0) is 17.2. The van der Waals surface area contributed by atoms with Crippen molar-refractivity contribution >= 4 is 23.2 Å². The van der Waals surface area contributed by atoms with E-state index in [1.165, 1.54) is 4.88 Å². The van der Waals surface area contributed by atoms with Crippen molar-refractivity contribution in [3.8, 4) is 0 Å². The van der Waals surface area contributed by atoms with Gasteiger partial charge >= 0.3 is 0 Å². The molecule has 0 aromatic carbocycles. The average molecular weight is 337 g/mol. The van der Waals surface area contributed by atoms with Crippen molar-refractivity contribution in [2.45, 2.75) is 52.7 Å². The normalized spacial score (nSPS) is 18.7. The number of carbonyl (C=O) groups is 1. The fourth-order valence-corrected chi connectivity index (χ4v) is 4.02. The first-order valence-corrected chi connectivity index (χ1v) is 8.81. The summed E-state index contributed by atoms with van der Waals surface area (Å²) in [6.07, 6.45) is 0. The molecule has 1 aromatic heterocycles. The highest BCUT2D eigenvalue weighted by Gasteiger charge is 2.40. The molecule has 1 aliphatic rings. The molecule has 1 aliphatic heterocycles. The Morgan fingerprint density at radius 1 is 1.52 bits per heavy atom. The summed E-state index contributed by atoms with van der Waals surface area (Å²) in [5.41, 5.74) is 2.67. The van der Waals surface area contributed by atoms with Gasteiger partial charge in [-0.3, -0.25) is 9.79 Å². The van der Waals surface area contributed by atoms with Crippen LogP contribution in [0.1, 0.15) is 38.3 Å². The lowest BCUT2D eigenvalue weighted by molar-refractivity contribution is -0.145. The highest BCUT2D eigenvalue weighted by atomic mass is 32.1. The fourth-order valence-electron chi connectivity index (χ4n) is 3.30. The van der Waals surface area contributed by atoms with E-state index >= 15 is 0 Å². The maximum Gasteiger partial charge on any atom is 0.242 e. The highest BCUT2D eigenvalue weighted by molar-refractivity contribution is 7.09. The third-order valence-electron chi connectivity index (χ3n) is 4.10. The van der Waals surface area contributed by atoms with Crippen molar-refractivity contribution in [3.05, 3.63) is 16.1 Å². The number of piperazine rings is 1. The molecule has 6 nitrogen and oxygen atoms in total. The summed E-state index contributed by atoms with van der Waals surface area (Å²) in [5, 5.41) is 3.36. The van der Waals surface area contributed by atoms with Crippen LogP contribution in [-0.2, 0) is 11.3 Å². The van der Waals surface area contributed by atoms with Crippen LogP contribution in [0, 0.1) is 6.92 Å². The van der Waals surface area contributed by atoms with Crippen LogP contribution < -0.4 is 5.32 Å². The van der Waals surface area contributed by atoms with Gasteiger partial charge in [0, 0.05) is 24.5 Å². The number of aryl methyl sites for hydroxylation is 1. The number of aromatic nitrogens is 1. The first kappa shape index (κ1) is 17.7. The number of rotatable bonds is 3. The van der Waals surface area contributed by atoms with Gasteiger partial charge in [-0.25, -0.2) is 4.98 Å². The van der Waals surface area contributed by atoms with E-state index < -0.39 is 0 Å². The Morgan fingerprint density at radius 3 is 2.70 bits per heavy atom. The third kappa shape index (κ3) is 3.83. The summed E-state index contributed by atoms with van der Waals surface area (Å²) in [4.78, 5) is 26.4. The Morgan fingerprint density at radius 2 is 2.22 bits per heavy atom. The van der Waals surface area contributed by atoms with Gasteiger partial charge in [0.15, 0.2) is 5.96 Å². The average Bonchev–Trinajstić information content (AvgIpc) is 2.82. The third-order valence-corrected chi connectivity index (χ3v) is 5.04. The van der Waals surface area contributed by atoms with Crippen LogP contribution in [0.4, 0.5) is 0 Å². The van der Waals surface area contributed by atoms with E-state index in [1.807, 2.05) is 22.2 Å². The molecule has 1 saturated heterocycles. The summed E-state index contributed by atoms with van der Waals surface area (Å²) >= 11 is 1.63. The minimum absolute atomic E-state index is 0.146. The number of hydrogen-bond acceptors (Lipinski definition) is 4. The van der Waals surface area contributed by atoms with Crippen molar-refractivity contribution in [3.63, 3.8) is 0 Å². The van der Waals surface area contributed by atoms with Crippen LogP contribution in [0.3, 0.4) is 0 Å². The lowest BCUT2D eigenvalue weighted by Crippen LogP contribution is -2.66. The van der Waals surface area contributed by atoms with Gasteiger partial charge in [0.05, 0.1) is 29.8 Å². The molecule has 0 atom stereocenters. The van der Waals surface area contributed by atoms with Crippen LogP contribution in [0.5, 0.6) is 0 Å². The van der Waals surface area contributed by atoms with Gasteiger partial charge < -0.3 is 15.1 Å². The molecule has 128 valence electrons. The SMILES string of the molecule is CN=C(NCc1scnc1C)N1CC(=O)N(C(C)C)C(C)(C)C1. The number of amides is 1. The fraction of sp³-hybridized carbons (Fsp3) is 0.688. The molecular weight excluding hydrogens is 310 g/mol. The molecule has 7 heteroatoms. The second kappa shape index (κ2) is 6.86. The second-order valence-electron chi connectivity index (χ2n) is 6.79. The van der Waals surface area contributed by atoms with E-state index in [4.69, 9.17) is 0 Å². The maximum atomic E-state index is 12.6. The van der Waals surface area contributed by atoms with Crippen molar-refractivity contribution < 1.29 is 4.79 Å². The largest absolute Gasteiger partial charge is 0.351 e. The van der Waals surface area contributed by atoms with E-state index in [0.717, 1.165) is 18.2 Å². The number of hydrogen-bond donors (Lipinski definition) is 1. The minimum Gasteiger partial charge on any atom is -0.351 e. The van der Waals surface area contributed by atoms with E-state index in [-0.39, 0.29) is 17.5 Å². The van der Waals surface area contributed by atoms with E-state index in [0.29, 0.717) is 13.1 Å². The lowest BCUT2D eigenvalue weighted by atomic mass is 9.96. The molecule has 0 spiro atoms. The lowest BCUT2D eigenvalue weighted by Gasteiger charge is -2.49. The van der Waals surface area contributed by atoms with E-state index in [1.54, 1.807) is 18.4 Å². The highest BCUT2D eigenvalue weighted by Crippen LogP contribution is 2.24. The number of aliphatic imine (C=N–C) groups is 1. The van der Waals surface area contributed by atoms with Crippen LogP contribution in [0.25, 0.3) is 0 Å². The van der Waals surface area contributed by atoms with Gasteiger partial charge in [-0.05, 0) is 34.6 Å². The summed E-state index contributed by atoms with van der Waals surface area (Å²) < 4.78 is 0. The molecule has 0 bridgehead atoms. The first-order chi connectivity index (χ1) is 10.8. The molecule has 23 heavy (non-hydrogen) atoms. The molecule has 2 heterocycles. The van der Waals surface area contributed by atoms with Gasteiger partial charge in [-0.15, -0.1) is 11.3 Å². The summed E-state index contributed by atoms with van der Waals surface area (Å²) in [5.74, 6) is 0.913. The topological polar surface area (TPSA) is 60.8 Å². The number of thiazole rings is 1. The Labute approximate surface area is 142 Å². The zero-order valence-corrected chi connectivity index (χ0v) is 15.7. The Kier molecular flexibility index (Phi) is 5.29. The maximum absolute atomic E-state index is 12.6. The van der Waals surface area contributed by atoms with Gasteiger partial charge in [0.1, 0.15) is 0 Å². The van der Waals surface area contributed by atoms with Gasteiger partial charge in [-0.2, -0.15) is 0 Å². The molecule has 1 amide bonds. The van der Waals surface area contributed by atoms with Gasteiger partial charge in [0.2, 0.25) is 5.91 Å². The summed E-state index contributed by atoms with van der Waals surface area (Å²) in [6.45, 7) is 12.2. The second-order valence-corrected chi connectivity index (χ2v) is 7.73. The first-order valence-electron chi connectivity index (χ1n) is 7.93. The van der Waals surface area contributed by atoms with E-state index in [2.05, 4.69) is 43.0 Å². The quantitative estimate of drug-likeness (QED) is 0.675. The summed E-state index contributed by atoms with van der Waals surface area (Å²) in [7, 11) is 1.76. The van der Waals surface area contributed by atoms with Crippen LogP contribution in [0.2, 0.25) is 0 Å². The smallest absolute Gasteiger partial charge is 0.242 e. The molecule has 1 fully saturated rings. The minimum atomic E-state index is -0.221. The van der Waals surface area contributed by atoms with Crippen LogP contribution in [0.15, 0.2) is 10.5 Å². The van der Waals surface area contributed by atoms with Crippen molar-refractivity contribution in [2.75, 3.05) is 20.1 Å². The molecule has 2 rings (SSSR count). The monoisotopic (exact) mass is 337 g/mol. The number of carbonyl (C=O) groups excluding carboxylic acids is 1. The molecule has 0 radical (unpaired) electrons. The number of nitrogens with one attached hydrogen (secondary N) is 1. The van der Waals surface area contributed by atoms with Gasteiger partial charge in [-0.1, -0.05) is 0 Å². The Hall–Kier alpha value is -1.63. The predicted molar refractivity (Wildman–Crippen MR) is 94.7 cm³/mol. The predicted octanol–water partition coefficient (Wildman–Crippen LogP) is 1.86. The molecule has 0 aliphatic carbocycles. The Balaban J connectivity index is 2.08. The van der Waals surface area contributed by atoms with E-state index in [9.17, 15) is 4.79 Å².